The Labute approximate surface area is 167 Å². The first-order valence-electron chi connectivity index (χ1n) is 9.09. The maximum absolute atomic E-state index is 12.8. The summed E-state index contributed by atoms with van der Waals surface area (Å²) in [5.74, 6) is -1.62. The molecule has 2 N–H and O–H groups in total. The fraction of sp³-hybridized carbons (Fsp3) is 0.300. The number of amides is 1. The molecule has 1 saturated heterocycles. The van der Waals surface area contributed by atoms with Gasteiger partial charge in [0.05, 0.1) is 17.6 Å². The van der Waals surface area contributed by atoms with Gasteiger partial charge in [0.1, 0.15) is 5.69 Å². The number of nitro benzene ring substituents is 1. The third kappa shape index (κ3) is 4.88. The molecule has 0 bridgehead atoms. The summed E-state index contributed by atoms with van der Waals surface area (Å²) < 4.78 is 5.31. The van der Waals surface area contributed by atoms with Gasteiger partial charge in [-0.3, -0.25) is 14.9 Å². The molecule has 0 spiro atoms. The van der Waals surface area contributed by atoms with Crippen molar-refractivity contribution in [2.45, 2.75) is 25.7 Å². The van der Waals surface area contributed by atoms with E-state index in [1.165, 1.54) is 23.1 Å². The number of nitrogens with zero attached hydrogens (tertiary/aromatic N) is 2. The van der Waals surface area contributed by atoms with Gasteiger partial charge in [-0.05, 0) is 24.6 Å². The number of hydrogen-bond acceptors (Lipinski definition) is 6. The predicted octanol–water partition coefficient (Wildman–Crippen LogP) is 2.52. The molecule has 1 aliphatic heterocycles. The minimum absolute atomic E-state index is 0.111. The normalized spacial score (nSPS) is 18.9. The smallest absolute Gasteiger partial charge is 0.334 e. The lowest BCUT2D eigenvalue weighted by atomic mass is 10.1. The summed E-state index contributed by atoms with van der Waals surface area (Å²) in [7, 11) is 0. The van der Waals surface area contributed by atoms with Crippen molar-refractivity contribution in [3.63, 3.8) is 0 Å². The number of morpholine rings is 1. The number of benzene rings is 2. The second-order valence-corrected chi connectivity index (χ2v) is 6.81. The van der Waals surface area contributed by atoms with Crippen LogP contribution in [0.1, 0.15) is 22.8 Å². The van der Waals surface area contributed by atoms with Gasteiger partial charge in [-0.25, -0.2) is 4.79 Å². The molecule has 1 aliphatic rings. The molecule has 9 heteroatoms. The predicted molar refractivity (Wildman–Crippen MR) is 105 cm³/mol. The molecule has 1 unspecified atom stereocenters. The maximum Gasteiger partial charge on any atom is 0.334 e. The molecule has 1 fully saturated rings. The lowest BCUT2D eigenvalue weighted by Gasteiger charge is -2.35. The molecule has 1 amide bonds. The number of ether oxygens (including phenoxy) is 1. The van der Waals surface area contributed by atoms with Crippen molar-refractivity contribution in [3.8, 4) is 0 Å². The Morgan fingerprint density at radius 2 is 1.97 bits per heavy atom. The number of carboxylic acid groups (broad SMARTS) is 1. The number of nitro groups is 1. The Balaban J connectivity index is 1.79. The second-order valence-electron chi connectivity index (χ2n) is 6.81. The molecule has 9 nitrogen and oxygen atoms in total. The first-order valence-corrected chi connectivity index (χ1v) is 9.09. The molecule has 152 valence electrons. The van der Waals surface area contributed by atoms with Crippen molar-refractivity contribution in [1.82, 2.24) is 4.90 Å². The van der Waals surface area contributed by atoms with Gasteiger partial charge in [-0.2, -0.15) is 0 Å². The quantitative estimate of drug-likeness (QED) is 0.565. The highest BCUT2D eigenvalue weighted by atomic mass is 16.6. The van der Waals surface area contributed by atoms with Gasteiger partial charge in [0.2, 0.25) is 0 Å². The lowest BCUT2D eigenvalue weighted by Crippen LogP contribution is -2.51. The van der Waals surface area contributed by atoms with Crippen LogP contribution >= 0.6 is 0 Å². The van der Waals surface area contributed by atoms with Gasteiger partial charge in [0.25, 0.3) is 11.6 Å². The molecule has 29 heavy (non-hydrogen) atoms. The summed E-state index contributed by atoms with van der Waals surface area (Å²) in [6, 6.07) is 13.6. The number of carbonyl (C=O) groups is 2. The molecule has 0 aliphatic carbocycles. The maximum atomic E-state index is 12.8. The number of aliphatic carboxylic acids is 1. The van der Waals surface area contributed by atoms with E-state index in [1.54, 1.807) is 6.92 Å². The summed E-state index contributed by atoms with van der Waals surface area (Å²) >= 11 is 0. The first kappa shape index (κ1) is 20.3. The minimum Gasteiger partial charge on any atom is -0.479 e. The van der Waals surface area contributed by atoms with Crippen LogP contribution in [-0.4, -0.2) is 52.1 Å². The van der Waals surface area contributed by atoms with E-state index < -0.39 is 29.0 Å². The Bertz CT molecular complexity index is 918. The van der Waals surface area contributed by atoms with E-state index in [1.807, 2.05) is 30.3 Å². The van der Waals surface area contributed by atoms with Crippen LogP contribution in [0.5, 0.6) is 0 Å². The van der Waals surface area contributed by atoms with Crippen molar-refractivity contribution < 1.29 is 24.4 Å². The van der Waals surface area contributed by atoms with E-state index >= 15 is 0 Å². The Hall–Kier alpha value is -3.46. The standard InChI is InChI=1S/C20H21N3O6/c1-13-11-22(12-18(29-13)20(25)26)19(24)15-7-8-16(17(9-15)23(27)28)21-10-14-5-3-2-4-6-14/h2-9,13,18,21H,10-12H2,1H3,(H,25,26)/t13-,18?/m1/s1. The Morgan fingerprint density at radius 3 is 2.62 bits per heavy atom. The van der Waals surface area contributed by atoms with E-state index in [0.717, 1.165) is 5.56 Å². The van der Waals surface area contributed by atoms with Crippen molar-refractivity contribution >= 4 is 23.3 Å². The topological polar surface area (TPSA) is 122 Å². The Kier molecular flexibility index (Phi) is 6.08. The fourth-order valence-electron chi connectivity index (χ4n) is 3.19. The third-order valence-corrected chi connectivity index (χ3v) is 4.59. The second kappa shape index (κ2) is 8.70. The number of rotatable bonds is 6. The van der Waals surface area contributed by atoms with Crippen molar-refractivity contribution in [3.05, 3.63) is 69.8 Å². The summed E-state index contributed by atoms with van der Waals surface area (Å²) in [5.41, 5.74) is 1.17. The summed E-state index contributed by atoms with van der Waals surface area (Å²) in [6.45, 7) is 2.18. The molecule has 0 aromatic heterocycles. The van der Waals surface area contributed by atoms with E-state index in [-0.39, 0.29) is 24.3 Å². The van der Waals surface area contributed by atoms with Gasteiger partial charge < -0.3 is 20.1 Å². The molecule has 0 saturated carbocycles. The zero-order chi connectivity index (χ0) is 21.0. The summed E-state index contributed by atoms with van der Waals surface area (Å²) in [4.78, 5) is 36.4. The molecule has 1 heterocycles. The highest BCUT2D eigenvalue weighted by Crippen LogP contribution is 2.27. The number of nitrogens with one attached hydrogen (secondary N) is 1. The summed E-state index contributed by atoms with van der Waals surface area (Å²) in [5, 5.41) is 23.7. The molecule has 2 aromatic rings. The van der Waals surface area contributed by atoms with Crippen molar-refractivity contribution in [1.29, 1.82) is 0 Å². The van der Waals surface area contributed by atoms with Crippen LogP contribution in [0, 0.1) is 10.1 Å². The van der Waals surface area contributed by atoms with Gasteiger partial charge in [-0.1, -0.05) is 30.3 Å². The molecule has 3 rings (SSSR count). The number of carboxylic acids is 1. The largest absolute Gasteiger partial charge is 0.479 e. The molecule has 2 aromatic carbocycles. The van der Waals surface area contributed by atoms with E-state index in [9.17, 15) is 24.8 Å². The third-order valence-electron chi connectivity index (χ3n) is 4.59. The average molecular weight is 399 g/mol. The highest BCUT2D eigenvalue weighted by molar-refractivity contribution is 5.96. The van der Waals surface area contributed by atoms with Gasteiger partial charge in [0, 0.05) is 24.7 Å². The SMILES string of the molecule is C[C@@H]1CN(C(=O)c2ccc(NCc3ccccc3)c([N+](=O)[O-])c2)CC(C(=O)O)O1. The molecule has 0 radical (unpaired) electrons. The Morgan fingerprint density at radius 1 is 1.24 bits per heavy atom. The lowest BCUT2D eigenvalue weighted by molar-refractivity contribution is -0.384. The van der Waals surface area contributed by atoms with Crippen LogP contribution in [-0.2, 0) is 16.1 Å². The number of carbonyl (C=O) groups excluding carboxylic acids is 1. The van der Waals surface area contributed by atoms with Crippen LogP contribution < -0.4 is 5.32 Å². The zero-order valence-electron chi connectivity index (χ0n) is 15.8. The highest BCUT2D eigenvalue weighted by Gasteiger charge is 2.33. The van der Waals surface area contributed by atoms with Gasteiger partial charge in [-0.15, -0.1) is 0 Å². The van der Waals surface area contributed by atoms with Crippen LogP contribution in [0.15, 0.2) is 48.5 Å². The van der Waals surface area contributed by atoms with Crippen molar-refractivity contribution in [2.75, 3.05) is 18.4 Å². The van der Waals surface area contributed by atoms with Crippen LogP contribution in [0.4, 0.5) is 11.4 Å². The van der Waals surface area contributed by atoms with Crippen LogP contribution in [0.2, 0.25) is 0 Å². The monoisotopic (exact) mass is 399 g/mol. The van der Waals surface area contributed by atoms with E-state index in [2.05, 4.69) is 5.32 Å². The van der Waals surface area contributed by atoms with E-state index in [4.69, 9.17) is 4.74 Å². The summed E-state index contributed by atoms with van der Waals surface area (Å²) in [6.07, 6.45) is -1.57. The molecular weight excluding hydrogens is 378 g/mol. The fourth-order valence-corrected chi connectivity index (χ4v) is 3.19. The van der Waals surface area contributed by atoms with Crippen LogP contribution in [0.3, 0.4) is 0 Å². The van der Waals surface area contributed by atoms with Gasteiger partial charge in [0.15, 0.2) is 6.10 Å². The van der Waals surface area contributed by atoms with Crippen LogP contribution in [0.25, 0.3) is 0 Å². The van der Waals surface area contributed by atoms with Gasteiger partial charge >= 0.3 is 5.97 Å². The number of hydrogen-bond donors (Lipinski definition) is 2. The number of anilines is 1. The van der Waals surface area contributed by atoms with Crippen molar-refractivity contribution in [2.24, 2.45) is 0 Å². The first-order chi connectivity index (χ1) is 13.8. The zero-order valence-corrected chi connectivity index (χ0v) is 15.8. The molecule has 2 atom stereocenters. The molecular formula is C20H21N3O6. The minimum atomic E-state index is -1.15. The van der Waals surface area contributed by atoms with E-state index in [0.29, 0.717) is 12.2 Å². The average Bonchev–Trinajstić information content (AvgIpc) is 2.71.